The van der Waals surface area contributed by atoms with Gasteiger partial charge in [-0.15, -0.1) is 0 Å². The molecule has 5 heteroatoms. The summed E-state index contributed by atoms with van der Waals surface area (Å²) in [7, 11) is 0. The van der Waals surface area contributed by atoms with Gasteiger partial charge in [-0.1, -0.05) is 13.3 Å². The molecule has 1 N–H and O–H groups in total. The fourth-order valence-electron chi connectivity index (χ4n) is 5.04. The summed E-state index contributed by atoms with van der Waals surface area (Å²) in [6.45, 7) is 7.09. The van der Waals surface area contributed by atoms with Crippen molar-refractivity contribution in [1.29, 1.82) is 0 Å². The molecular formula is C22H31N3O2. The highest BCUT2D eigenvalue weighted by atomic mass is 16.5. The number of fused-ring (bicyclic) bond motifs is 3. The van der Waals surface area contributed by atoms with Crippen LogP contribution in [0.2, 0.25) is 0 Å². The van der Waals surface area contributed by atoms with Gasteiger partial charge >= 0.3 is 0 Å². The van der Waals surface area contributed by atoms with E-state index in [4.69, 9.17) is 4.74 Å². The number of ether oxygens (including phenoxy) is 1. The third-order valence-corrected chi connectivity index (χ3v) is 6.39. The molecule has 2 fully saturated rings. The summed E-state index contributed by atoms with van der Waals surface area (Å²) in [5, 5.41) is 3.35. The van der Waals surface area contributed by atoms with E-state index >= 15 is 0 Å². The third kappa shape index (κ3) is 3.62. The summed E-state index contributed by atoms with van der Waals surface area (Å²) < 4.78 is 8.08. The first kappa shape index (κ1) is 18.5. The van der Waals surface area contributed by atoms with Crippen molar-refractivity contribution in [3.8, 4) is 0 Å². The fraction of sp³-hybridized carbons (Fsp3) is 0.636. The Kier molecular flexibility index (Phi) is 5.22. The Hall–Kier alpha value is -1.88. The smallest absolute Gasteiger partial charge is 0.255 e. The van der Waals surface area contributed by atoms with Crippen LogP contribution in [0.3, 0.4) is 0 Å². The van der Waals surface area contributed by atoms with Crippen LogP contribution >= 0.6 is 0 Å². The largest absolute Gasteiger partial charge is 0.378 e. The number of amides is 1. The highest BCUT2D eigenvalue weighted by Gasteiger charge is 2.43. The average molecular weight is 370 g/mol. The number of nitrogens with one attached hydrogen (secondary N) is 1. The van der Waals surface area contributed by atoms with E-state index in [0.29, 0.717) is 23.5 Å². The van der Waals surface area contributed by atoms with Gasteiger partial charge in [-0.2, -0.15) is 0 Å². The van der Waals surface area contributed by atoms with Crippen LogP contribution in [0.15, 0.2) is 18.3 Å². The maximum atomic E-state index is 13.0. The van der Waals surface area contributed by atoms with Gasteiger partial charge in [-0.3, -0.25) is 4.79 Å². The predicted molar refractivity (Wildman–Crippen MR) is 106 cm³/mol. The fourth-order valence-corrected chi connectivity index (χ4v) is 5.04. The molecule has 0 saturated heterocycles. The number of carbonyl (C=O) groups excluding carboxylic acids is 1. The quantitative estimate of drug-likeness (QED) is 0.782. The molecule has 27 heavy (non-hydrogen) atoms. The highest BCUT2D eigenvalue weighted by molar-refractivity contribution is 6.00. The lowest BCUT2D eigenvalue weighted by molar-refractivity contribution is -0.00119. The average Bonchev–Trinajstić information content (AvgIpc) is 3.14. The van der Waals surface area contributed by atoms with Crippen LogP contribution in [0.25, 0.3) is 5.65 Å². The molecule has 2 aromatic rings. The van der Waals surface area contributed by atoms with Crippen LogP contribution < -0.4 is 5.32 Å². The molecule has 1 amide bonds. The normalized spacial score (nSPS) is 27.2. The van der Waals surface area contributed by atoms with Gasteiger partial charge in [0, 0.05) is 30.2 Å². The number of nitrogens with zero attached hydrogens (tertiary/aromatic N) is 2. The minimum atomic E-state index is 0.0160. The molecule has 2 heterocycles. The summed E-state index contributed by atoms with van der Waals surface area (Å²) in [6, 6.07) is 4.21. The Balaban J connectivity index is 1.45. The number of aryl methyl sites for hydroxylation is 2. The zero-order chi connectivity index (χ0) is 19.0. The van der Waals surface area contributed by atoms with E-state index in [9.17, 15) is 4.79 Å². The minimum Gasteiger partial charge on any atom is -0.378 e. The monoisotopic (exact) mass is 369 g/mol. The molecule has 0 aliphatic heterocycles. The third-order valence-electron chi connectivity index (χ3n) is 6.39. The van der Waals surface area contributed by atoms with Gasteiger partial charge in [0.25, 0.3) is 5.91 Å². The van der Waals surface area contributed by atoms with Crippen LogP contribution in [0.1, 0.15) is 67.2 Å². The van der Waals surface area contributed by atoms with Crippen molar-refractivity contribution >= 4 is 11.6 Å². The molecule has 2 atom stereocenters. The van der Waals surface area contributed by atoms with Crippen LogP contribution in [0, 0.1) is 25.7 Å². The van der Waals surface area contributed by atoms with Gasteiger partial charge in [-0.05, 0) is 69.9 Å². The first-order chi connectivity index (χ1) is 13.1. The number of hydrogen-bond acceptors (Lipinski definition) is 3. The van der Waals surface area contributed by atoms with Gasteiger partial charge in [0.05, 0.1) is 11.7 Å². The van der Waals surface area contributed by atoms with E-state index in [-0.39, 0.29) is 11.9 Å². The lowest BCUT2D eigenvalue weighted by Gasteiger charge is -2.35. The predicted octanol–water partition coefficient (Wildman–Crippen LogP) is 4.05. The van der Waals surface area contributed by atoms with Crippen molar-refractivity contribution in [3.05, 3.63) is 35.3 Å². The van der Waals surface area contributed by atoms with Gasteiger partial charge in [0.2, 0.25) is 0 Å². The topological polar surface area (TPSA) is 55.6 Å². The summed E-state index contributed by atoms with van der Waals surface area (Å²) in [6.07, 6.45) is 9.21. The number of aromatic nitrogens is 2. The Morgan fingerprint density at radius 3 is 2.74 bits per heavy atom. The van der Waals surface area contributed by atoms with E-state index in [2.05, 4.69) is 17.2 Å². The zero-order valence-electron chi connectivity index (χ0n) is 16.7. The first-order valence-corrected chi connectivity index (χ1v) is 10.4. The van der Waals surface area contributed by atoms with Crippen molar-refractivity contribution in [1.82, 2.24) is 14.7 Å². The molecular weight excluding hydrogens is 338 g/mol. The van der Waals surface area contributed by atoms with E-state index in [1.807, 2.05) is 36.6 Å². The summed E-state index contributed by atoms with van der Waals surface area (Å²) in [4.78, 5) is 17.6. The Labute approximate surface area is 161 Å². The standard InChI is InChI=1S/C22H31N3O2/c1-4-5-10-27-18-12-16-6-7-17(13-18)20(16)24-22(26)19-8-9-25-15(3)11-14(2)23-21(19)25/h8-9,11,16-18,20H,4-7,10,12-13H2,1-3H3,(H,24,26)/t16?,17?,18-,20-. The summed E-state index contributed by atoms with van der Waals surface area (Å²) in [5.41, 5.74) is 3.48. The van der Waals surface area contributed by atoms with Crippen molar-refractivity contribution in [3.63, 3.8) is 0 Å². The molecule has 2 aliphatic rings. The number of carbonyl (C=O) groups is 1. The molecule has 146 valence electrons. The van der Waals surface area contributed by atoms with E-state index in [0.717, 1.165) is 42.9 Å². The second kappa shape index (κ2) is 7.63. The molecule has 2 aliphatic carbocycles. The van der Waals surface area contributed by atoms with Crippen molar-refractivity contribution < 1.29 is 9.53 Å². The number of unbranched alkanes of at least 4 members (excludes halogenated alkanes) is 1. The zero-order valence-corrected chi connectivity index (χ0v) is 16.7. The maximum Gasteiger partial charge on any atom is 0.255 e. The van der Waals surface area contributed by atoms with Crippen LogP contribution in [-0.4, -0.2) is 34.0 Å². The molecule has 4 rings (SSSR count). The van der Waals surface area contributed by atoms with Gasteiger partial charge < -0.3 is 14.5 Å². The second-order valence-corrected chi connectivity index (χ2v) is 8.38. The summed E-state index contributed by atoms with van der Waals surface area (Å²) >= 11 is 0. The lowest BCUT2D eigenvalue weighted by Crippen LogP contribution is -2.46. The van der Waals surface area contributed by atoms with Crippen LogP contribution in [-0.2, 0) is 4.74 Å². The second-order valence-electron chi connectivity index (χ2n) is 8.38. The highest BCUT2D eigenvalue weighted by Crippen LogP contribution is 2.43. The van der Waals surface area contributed by atoms with E-state index in [1.54, 1.807) is 0 Å². The minimum absolute atomic E-state index is 0.0160. The Morgan fingerprint density at radius 1 is 1.30 bits per heavy atom. The maximum absolute atomic E-state index is 13.0. The SMILES string of the molecule is CCCCO[C@H]1CC2CCC(C1)[C@H]2NC(=O)c1ccn2c(C)cc(C)nc12. The molecule has 2 saturated carbocycles. The van der Waals surface area contributed by atoms with Gasteiger partial charge in [0.1, 0.15) is 5.65 Å². The lowest BCUT2D eigenvalue weighted by atomic mass is 9.82. The molecule has 0 spiro atoms. The summed E-state index contributed by atoms with van der Waals surface area (Å²) in [5.74, 6) is 1.11. The number of rotatable bonds is 6. The molecule has 2 unspecified atom stereocenters. The number of hydrogen-bond donors (Lipinski definition) is 1. The molecule has 0 aromatic carbocycles. The molecule has 5 nitrogen and oxygen atoms in total. The molecule has 2 bridgehead atoms. The van der Waals surface area contributed by atoms with E-state index in [1.165, 1.54) is 19.3 Å². The van der Waals surface area contributed by atoms with Gasteiger partial charge in [0.15, 0.2) is 0 Å². The van der Waals surface area contributed by atoms with E-state index < -0.39 is 0 Å². The van der Waals surface area contributed by atoms with Crippen molar-refractivity contribution in [2.24, 2.45) is 11.8 Å². The first-order valence-electron chi connectivity index (χ1n) is 10.4. The molecule has 2 aromatic heterocycles. The van der Waals surface area contributed by atoms with Crippen LogP contribution in [0.4, 0.5) is 0 Å². The van der Waals surface area contributed by atoms with Crippen molar-refractivity contribution in [2.45, 2.75) is 71.4 Å². The Bertz CT molecular complexity index is 814. The molecule has 0 radical (unpaired) electrons. The Morgan fingerprint density at radius 2 is 2.04 bits per heavy atom. The van der Waals surface area contributed by atoms with Gasteiger partial charge in [-0.25, -0.2) is 4.98 Å². The van der Waals surface area contributed by atoms with Crippen LogP contribution in [0.5, 0.6) is 0 Å². The van der Waals surface area contributed by atoms with Crippen molar-refractivity contribution in [2.75, 3.05) is 6.61 Å².